The summed E-state index contributed by atoms with van der Waals surface area (Å²) in [5.74, 6) is 1.60. The highest BCUT2D eigenvalue weighted by atomic mass is 32.1. The van der Waals surface area contributed by atoms with E-state index in [2.05, 4.69) is 38.0 Å². The number of hydrogen-bond donors (Lipinski definition) is 1. The van der Waals surface area contributed by atoms with E-state index in [-0.39, 0.29) is 34.5 Å². The number of thiazole rings is 1. The Labute approximate surface area is 205 Å². The van der Waals surface area contributed by atoms with Crippen molar-refractivity contribution < 1.29 is 19.1 Å². The minimum Gasteiger partial charge on any atom is -0.493 e. The van der Waals surface area contributed by atoms with Gasteiger partial charge in [-0.3, -0.25) is 9.59 Å². The summed E-state index contributed by atoms with van der Waals surface area (Å²) < 4.78 is 10.7. The van der Waals surface area contributed by atoms with Gasteiger partial charge in [-0.05, 0) is 42.2 Å². The number of carbonyl (C=O) groups excluding carboxylic acids is 2. The maximum absolute atomic E-state index is 13.1. The molecule has 1 aromatic heterocycles. The first-order valence-electron chi connectivity index (χ1n) is 11.8. The number of carbonyl (C=O) groups is 2. The molecule has 1 saturated carbocycles. The molecule has 1 aliphatic carbocycles. The first-order chi connectivity index (χ1) is 16.0. The van der Waals surface area contributed by atoms with Gasteiger partial charge in [-0.1, -0.05) is 27.7 Å². The van der Waals surface area contributed by atoms with Gasteiger partial charge in [-0.15, -0.1) is 11.3 Å². The molecule has 1 aromatic carbocycles. The summed E-state index contributed by atoms with van der Waals surface area (Å²) in [5.41, 5.74) is 2.07. The third kappa shape index (κ3) is 4.17. The van der Waals surface area contributed by atoms with Crippen LogP contribution >= 0.6 is 11.3 Å². The number of anilines is 1. The molecule has 0 spiro atoms. The van der Waals surface area contributed by atoms with E-state index in [0.717, 1.165) is 36.5 Å². The lowest BCUT2D eigenvalue weighted by Gasteiger charge is -2.31. The van der Waals surface area contributed by atoms with Gasteiger partial charge in [0, 0.05) is 42.1 Å². The Bertz CT molecular complexity index is 1090. The minimum absolute atomic E-state index is 0.0603. The first kappa shape index (κ1) is 24.5. The Kier molecular flexibility index (Phi) is 6.40. The molecule has 0 radical (unpaired) electrons. The fourth-order valence-corrected chi connectivity index (χ4v) is 6.20. The lowest BCUT2D eigenvalue weighted by Crippen LogP contribution is -2.39. The summed E-state index contributed by atoms with van der Waals surface area (Å²) in [6, 6.07) is 3.59. The van der Waals surface area contributed by atoms with Gasteiger partial charge in [0.2, 0.25) is 5.91 Å². The topological polar surface area (TPSA) is 80.8 Å². The number of aryl methyl sites for hydroxylation is 1. The van der Waals surface area contributed by atoms with Crippen molar-refractivity contribution in [2.24, 2.45) is 16.7 Å². The van der Waals surface area contributed by atoms with Gasteiger partial charge in [0.15, 0.2) is 11.5 Å². The molecule has 1 N–H and O–H groups in total. The van der Waals surface area contributed by atoms with E-state index < -0.39 is 0 Å². The molecule has 7 nitrogen and oxygen atoms in total. The van der Waals surface area contributed by atoms with Crippen molar-refractivity contribution in [3.05, 3.63) is 33.8 Å². The second kappa shape index (κ2) is 8.87. The predicted octanol–water partition coefficient (Wildman–Crippen LogP) is 5.11. The molecule has 2 aromatic rings. The fraction of sp³-hybridized carbons (Fsp3) is 0.577. The van der Waals surface area contributed by atoms with Crippen molar-refractivity contribution in [1.82, 2.24) is 9.88 Å². The number of amides is 2. The third-order valence-electron chi connectivity index (χ3n) is 8.16. The van der Waals surface area contributed by atoms with Crippen LogP contribution in [-0.2, 0) is 4.79 Å². The lowest BCUT2D eigenvalue weighted by molar-refractivity contribution is -0.134. The van der Waals surface area contributed by atoms with Crippen LogP contribution in [0.1, 0.15) is 67.5 Å². The Hall–Kier alpha value is -2.61. The van der Waals surface area contributed by atoms with Gasteiger partial charge in [0.25, 0.3) is 5.91 Å². The second-order valence-electron chi connectivity index (χ2n) is 10.5. The molecule has 8 heteroatoms. The second-order valence-corrected chi connectivity index (χ2v) is 11.4. The Morgan fingerprint density at radius 3 is 2.21 bits per heavy atom. The molecule has 2 aliphatic rings. The molecular formula is C26H35N3O4S. The average molecular weight is 486 g/mol. The lowest BCUT2D eigenvalue weighted by atomic mass is 9.96. The van der Waals surface area contributed by atoms with Gasteiger partial charge in [0.05, 0.1) is 19.2 Å². The Balaban J connectivity index is 1.37. The fourth-order valence-electron chi connectivity index (χ4n) is 5.22. The van der Waals surface area contributed by atoms with Crippen LogP contribution < -0.4 is 14.8 Å². The molecule has 2 fully saturated rings. The smallest absolute Gasteiger partial charge is 0.275 e. The number of ether oxygens (including phenoxy) is 2. The number of aromatic nitrogens is 1. The van der Waals surface area contributed by atoms with Crippen LogP contribution in [0.25, 0.3) is 0 Å². The molecule has 2 amide bonds. The summed E-state index contributed by atoms with van der Waals surface area (Å²) in [4.78, 5) is 32.6. The Morgan fingerprint density at radius 1 is 1.06 bits per heavy atom. The van der Waals surface area contributed by atoms with Crippen molar-refractivity contribution in [2.75, 3.05) is 32.6 Å². The van der Waals surface area contributed by atoms with Crippen molar-refractivity contribution in [2.45, 2.75) is 53.4 Å². The van der Waals surface area contributed by atoms with E-state index in [1.807, 2.05) is 23.3 Å². The molecule has 1 aliphatic heterocycles. The summed E-state index contributed by atoms with van der Waals surface area (Å²) in [6.45, 7) is 12.2. The zero-order chi connectivity index (χ0) is 24.8. The van der Waals surface area contributed by atoms with E-state index in [1.165, 1.54) is 11.3 Å². The largest absolute Gasteiger partial charge is 0.493 e. The zero-order valence-corrected chi connectivity index (χ0v) is 22.0. The molecule has 4 rings (SSSR count). The molecule has 2 heterocycles. The van der Waals surface area contributed by atoms with Crippen molar-refractivity contribution in [3.63, 3.8) is 0 Å². The van der Waals surface area contributed by atoms with Crippen LogP contribution in [0.15, 0.2) is 17.5 Å². The zero-order valence-electron chi connectivity index (χ0n) is 21.2. The molecule has 0 unspecified atom stereocenters. The molecule has 184 valence electrons. The monoisotopic (exact) mass is 485 g/mol. The molecule has 34 heavy (non-hydrogen) atoms. The first-order valence-corrected chi connectivity index (χ1v) is 12.7. The van der Waals surface area contributed by atoms with Crippen molar-refractivity contribution in [3.8, 4) is 11.5 Å². The molecule has 1 saturated heterocycles. The van der Waals surface area contributed by atoms with E-state index in [4.69, 9.17) is 9.47 Å². The molecule has 0 bridgehead atoms. The van der Waals surface area contributed by atoms with Crippen LogP contribution in [0, 0.1) is 23.7 Å². The number of rotatable bonds is 6. The summed E-state index contributed by atoms with van der Waals surface area (Å²) in [5, 5.41) is 5.72. The van der Waals surface area contributed by atoms with Crippen LogP contribution in [0.3, 0.4) is 0 Å². The predicted molar refractivity (Wildman–Crippen MR) is 134 cm³/mol. The highest BCUT2D eigenvalue weighted by molar-refractivity contribution is 7.10. The maximum Gasteiger partial charge on any atom is 0.275 e. The van der Waals surface area contributed by atoms with Crippen LogP contribution in [0.2, 0.25) is 0 Å². The van der Waals surface area contributed by atoms with Crippen LogP contribution in [0.4, 0.5) is 5.69 Å². The number of methoxy groups -OCH3 is 2. The normalized spacial score (nSPS) is 19.6. The van der Waals surface area contributed by atoms with Crippen molar-refractivity contribution in [1.29, 1.82) is 0 Å². The quantitative estimate of drug-likeness (QED) is 0.615. The minimum atomic E-state index is -0.247. The Morgan fingerprint density at radius 2 is 1.65 bits per heavy atom. The van der Waals surface area contributed by atoms with Crippen LogP contribution in [-0.4, -0.2) is 49.0 Å². The number of piperidine rings is 1. The average Bonchev–Trinajstić information content (AvgIpc) is 3.14. The van der Waals surface area contributed by atoms with E-state index >= 15 is 0 Å². The summed E-state index contributed by atoms with van der Waals surface area (Å²) in [7, 11) is 3.15. The number of benzene rings is 1. The van der Waals surface area contributed by atoms with E-state index in [9.17, 15) is 9.59 Å². The van der Waals surface area contributed by atoms with Crippen molar-refractivity contribution >= 4 is 28.8 Å². The molecular weight excluding hydrogens is 450 g/mol. The summed E-state index contributed by atoms with van der Waals surface area (Å²) >= 11 is 1.52. The van der Waals surface area contributed by atoms with E-state index in [0.29, 0.717) is 22.9 Å². The molecule has 0 atom stereocenters. The van der Waals surface area contributed by atoms with E-state index in [1.54, 1.807) is 20.3 Å². The van der Waals surface area contributed by atoms with Gasteiger partial charge in [-0.25, -0.2) is 4.98 Å². The number of hydrogen-bond acceptors (Lipinski definition) is 6. The van der Waals surface area contributed by atoms with Gasteiger partial charge >= 0.3 is 0 Å². The standard InChI is InChI=1S/C26H35N3O4S/c1-15-12-19(32-6)20(33-7)13-17(15)27-22(30)18-14-34-23(28-18)16-8-10-29(11-9-16)24(31)21-25(2,3)26(21,4)5/h12-14,16,21H,8-11H2,1-7H3,(H,27,30). The maximum atomic E-state index is 13.1. The number of likely N-dealkylation sites (tertiary alicyclic amines) is 1. The van der Waals surface area contributed by atoms with Crippen LogP contribution in [0.5, 0.6) is 11.5 Å². The summed E-state index contributed by atoms with van der Waals surface area (Å²) in [6.07, 6.45) is 1.76. The highest BCUT2D eigenvalue weighted by Crippen LogP contribution is 2.68. The number of nitrogens with zero attached hydrogens (tertiary/aromatic N) is 2. The SMILES string of the molecule is COc1cc(C)c(NC(=O)c2csc(C3CCN(C(=O)C4C(C)(C)C4(C)C)CC3)n2)cc1OC. The van der Waals surface area contributed by atoms with Gasteiger partial charge in [0.1, 0.15) is 5.69 Å². The highest BCUT2D eigenvalue weighted by Gasteiger charge is 2.68. The van der Waals surface area contributed by atoms with Gasteiger partial charge in [-0.2, -0.15) is 0 Å². The third-order valence-corrected chi connectivity index (χ3v) is 9.16. The number of nitrogens with one attached hydrogen (secondary N) is 1. The van der Waals surface area contributed by atoms with Gasteiger partial charge < -0.3 is 19.7 Å².